The fraction of sp³-hybridized carbons (Fsp3) is 0.316. The lowest BCUT2D eigenvalue weighted by molar-refractivity contribution is -0.137. The standard InChI is InChI=1S/C19H18F3N5/c1-13-24-17-12-23-6-5-16(17)18(25-13)27-9-7-26(8-10-27)15-4-2-3-14(11-15)19(20,21)22/h2-6,11-12H,7-10H2,1H3. The minimum atomic E-state index is -4.33. The predicted molar refractivity (Wildman–Crippen MR) is 97.9 cm³/mol. The van der Waals surface area contributed by atoms with Crippen LogP contribution in [0.5, 0.6) is 0 Å². The molecule has 0 radical (unpaired) electrons. The van der Waals surface area contributed by atoms with Crippen LogP contribution in [0.1, 0.15) is 11.4 Å². The molecule has 0 N–H and O–H groups in total. The second-order valence-electron chi connectivity index (χ2n) is 6.51. The van der Waals surface area contributed by atoms with Crippen molar-refractivity contribution in [3.63, 3.8) is 0 Å². The Kier molecular flexibility index (Phi) is 4.33. The second-order valence-corrected chi connectivity index (χ2v) is 6.51. The molecule has 1 aliphatic rings. The van der Waals surface area contributed by atoms with Gasteiger partial charge in [-0.1, -0.05) is 6.07 Å². The van der Waals surface area contributed by atoms with Crippen LogP contribution < -0.4 is 9.80 Å². The molecule has 1 fully saturated rings. The number of aromatic nitrogens is 3. The van der Waals surface area contributed by atoms with Gasteiger partial charge in [0.1, 0.15) is 11.6 Å². The Hall–Kier alpha value is -2.90. The monoisotopic (exact) mass is 373 g/mol. The van der Waals surface area contributed by atoms with Gasteiger partial charge >= 0.3 is 6.18 Å². The van der Waals surface area contributed by atoms with Gasteiger partial charge in [-0.15, -0.1) is 0 Å². The fourth-order valence-corrected chi connectivity index (χ4v) is 3.37. The lowest BCUT2D eigenvalue weighted by atomic mass is 10.1. The Morgan fingerprint density at radius 3 is 2.44 bits per heavy atom. The first-order valence-electron chi connectivity index (χ1n) is 8.67. The minimum absolute atomic E-state index is 0.595. The number of fused-ring (bicyclic) bond motifs is 1. The summed E-state index contributed by atoms with van der Waals surface area (Å²) < 4.78 is 38.9. The van der Waals surface area contributed by atoms with E-state index in [4.69, 9.17) is 0 Å². The topological polar surface area (TPSA) is 45.2 Å². The van der Waals surface area contributed by atoms with E-state index in [9.17, 15) is 13.2 Å². The summed E-state index contributed by atoms with van der Waals surface area (Å²) in [5.41, 5.74) is 0.769. The molecule has 8 heteroatoms. The number of hydrogen-bond acceptors (Lipinski definition) is 5. The zero-order valence-electron chi connectivity index (χ0n) is 14.7. The van der Waals surface area contributed by atoms with Crippen molar-refractivity contribution >= 4 is 22.4 Å². The number of alkyl halides is 3. The van der Waals surface area contributed by atoms with Gasteiger partial charge in [-0.25, -0.2) is 9.97 Å². The SMILES string of the molecule is Cc1nc(N2CCN(c3cccc(C(F)(F)F)c3)CC2)c2ccncc2n1. The number of rotatable bonds is 2. The van der Waals surface area contributed by atoms with E-state index in [1.54, 1.807) is 18.5 Å². The van der Waals surface area contributed by atoms with Gasteiger partial charge in [0.05, 0.1) is 17.3 Å². The normalized spacial score (nSPS) is 15.4. The van der Waals surface area contributed by atoms with Crippen LogP contribution in [0.15, 0.2) is 42.7 Å². The maximum absolute atomic E-state index is 13.0. The molecule has 5 nitrogen and oxygen atoms in total. The van der Waals surface area contributed by atoms with Crippen molar-refractivity contribution in [2.24, 2.45) is 0 Å². The van der Waals surface area contributed by atoms with E-state index in [0.29, 0.717) is 37.7 Å². The number of piperazine rings is 1. The molecule has 1 aromatic carbocycles. The van der Waals surface area contributed by atoms with Crippen molar-refractivity contribution < 1.29 is 13.2 Å². The van der Waals surface area contributed by atoms with Crippen LogP contribution in [0, 0.1) is 6.92 Å². The molecule has 3 aromatic rings. The van der Waals surface area contributed by atoms with Gasteiger partial charge in [0.25, 0.3) is 0 Å². The molecule has 0 unspecified atom stereocenters. The molecule has 0 spiro atoms. The average molecular weight is 373 g/mol. The molecule has 0 bridgehead atoms. The molecule has 0 amide bonds. The van der Waals surface area contributed by atoms with Crippen molar-refractivity contribution in [1.82, 2.24) is 15.0 Å². The van der Waals surface area contributed by atoms with Crippen molar-refractivity contribution in [2.45, 2.75) is 13.1 Å². The summed E-state index contributed by atoms with van der Waals surface area (Å²) in [4.78, 5) is 17.2. The zero-order valence-corrected chi connectivity index (χ0v) is 14.7. The number of benzene rings is 1. The third-order valence-corrected chi connectivity index (χ3v) is 4.71. The van der Waals surface area contributed by atoms with E-state index >= 15 is 0 Å². The Morgan fingerprint density at radius 2 is 1.70 bits per heavy atom. The molecule has 1 saturated heterocycles. The average Bonchev–Trinajstić information content (AvgIpc) is 2.67. The summed E-state index contributed by atoms with van der Waals surface area (Å²) in [6.07, 6.45) is -0.904. The van der Waals surface area contributed by atoms with Crippen molar-refractivity contribution in [3.05, 3.63) is 54.1 Å². The third-order valence-electron chi connectivity index (χ3n) is 4.71. The van der Waals surface area contributed by atoms with Crippen molar-refractivity contribution in [2.75, 3.05) is 36.0 Å². The zero-order chi connectivity index (χ0) is 19.0. The highest BCUT2D eigenvalue weighted by Gasteiger charge is 2.31. The van der Waals surface area contributed by atoms with Gasteiger partial charge in [0.2, 0.25) is 0 Å². The van der Waals surface area contributed by atoms with E-state index < -0.39 is 11.7 Å². The first-order chi connectivity index (χ1) is 12.9. The number of anilines is 2. The highest BCUT2D eigenvalue weighted by molar-refractivity contribution is 5.88. The molecule has 0 atom stereocenters. The first kappa shape index (κ1) is 17.5. The van der Waals surface area contributed by atoms with Gasteiger partial charge < -0.3 is 9.80 Å². The minimum Gasteiger partial charge on any atom is -0.368 e. The summed E-state index contributed by atoms with van der Waals surface area (Å²) in [6, 6.07) is 7.39. The largest absolute Gasteiger partial charge is 0.416 e. The van der Waals surface area contributed by atoms with E-state index in [2.05, 4.69) is 19.9 Å². The molecule has 0 saturated carbocycles. The van der Waals surface area contributed by atoms with E-state index in [1.165, 1.54) is 12.1 Å². The van der Waals surface area contributed by atoms with Crippen molar-refractivity contribution in [1.29, 1.82) is 0 Å². The first-order valence-corrected chi connectivity index (χ1v) is 8.67. The smallest absolute Gasteiger partial charge is 0.368 e. The van der Waals surface area contributed by atoms with Gasteiger partial charge in [0, 0.05) is 43.4 Å². The molecular weight excluding hydrogens is 355 g/mol. The van der Waals surface area contributed by atoms with Gasteiger partial charge in [0.15, 0.2) is 0 Å². The van der Waals surface area contributed by atoms with Gasteiger partial charge in [-0.3, -0.25) is 4.98 Å². The molecular formula is C19H18F3N5. The molecule has 27 heavy (non-hydrogen) atoms. The number of aryl methyl sites for hydroxylation is 1. The predicted octanol–water partition coefficient (Wildman–Crippen LogP) is 3.68. The summed E-state index contributed by atoms with van der Waals surface area (Å²) in [5, 5.41) is 0.933. The Bertz CT molecular complexity index is 965. The quantitative estimate of drug-likeness (QED) is 0.686. The Morgan fingerprint density at radius 1 is 0.963 bits per heavy atom. The van der Waals surface area contributed by atoms with E-state index in [0.717, 1.165) is 22.8 Å². The maximum Gasteiger partial charge on any atom is 0.416 e. The molecule has 4 rings (SSSR count). The lowest BCUT2D eigenvalue weighted by Crippen LogP contribution is -2.47. The van der Waals surface area contributed by atoms with Crippen LogP contribution >= 0.6 is 0 Å². The van der Waals surface area contributed by atoms with Crippen molar-refractivity contribution in [3.8, 4) is 0 Å². The molecule has 140 valence electrons. The third kappa shape index (κ3) is 3.51. The maximum atomic E-state index is 13.0. The molecule has 1 aliphatic heterocycles. The number of nitrogens with zero attached hydrogens (tertiary/aromatic N) is 5. The summed E-state index contributed by atoms with van der Waals surface area (Å²) in [5.74, 6) is 1.52. The van der Waals surface area contributed by atoms with Crippen LogP contribution in [-0.2, 0) is 6.18 Å². The highest BCUT2D eigenvalue weighted by Crippen LogP contribution is 2.32. The van der Waals surface area contributed by atoms with Gasteiger partial charge in [-0.2, -0.15) is 13.2 Å². The van der Waals surface area contributed by atoms with Crippen LogP contribution in [0.4, 0.5) is 24.7 Å². The number of pyridine rings is 1. The van der Waals surface area contributed by atoms with Crippen LogP contribution in [0.3, 0.4) is 0 Å². The Balaban J connectivity index is 1.55. The van der Waals surface area contributed by atoms with Crippen LogP contribution in [-0.4, -0.2) is 41.1 Å². The van der Waals surface area contributed by atoms with E-state index in [1.807, 2.05) is 17.9 Å². The van der Waals surface area contributed by atoms with Gasteiger partial charge in [-0.05, 0) is 31.2 Å². The molecule has 2 aromatic heterocycles. The molecule has 0 aliphatic carbocycles. The summed E-state index contributed by atoms with van der Waals surface area (Å²) in [7, 11) is 0. The summed E-state index contributed by atoms with van der Waals surface area (Å²) in [6.45, 7) is 4.43. The fourth-order valence-electron chi connectivity index (χ4n) is 3.37. The molecule has 3 heterocycles. The van der Waals surface area contributed by atoms with Crippen LogP contribution in [0.2, 0.25) is 0 Å². The Labute approximate surface area is 154 Å². The van der Waals surface area contributed by atoms with Crippen LogP contribution in [0.25, 0.3) is 10.9 Å². The number of halogens is 3. The summed E-state index contributed by atoms with van der Waals surface area (Å²) >= 11 is 0. The van der Waals surface area contributed by atoms with E-state index in [-0.39, 0.29) is 0 Å². The lowest BCUT2D eigenvalue weighted by Gasteiger charge is -2.37. The highest BCUT2D eigenvalue weighted by atomic mass is 19.4. The second kappa shape index (κ2) is 6.68. The number of hydrogen-bond donors (Lipinski definition) is 0.